The van der Waals surface area contributed by atoms with E-state index in [1.54, 1.807) is 23.1 Å². The normalized spacial score (nSPS) is 14.7. The summed E-state index contributed by atoms with van der Waals surface area (Å²) in [6.07, 6.45) is 7.15. The molecule has 1 aliphatic heterocycles. The quantitative estimate of drug-likeness (QED) is 0.910. The summed E-state index contributed by atoms with van der Waals surface area (Å²) >= 11 is 0. The van der Waals surface area contributed by atoms with Gasteiger partial charge in [-0.15, -0.1) is 24.8 Å². The molecule has 0 spiro atoms. The third-order valence-corrected chi connectivity index (χ3v) is 3.97. The van der Waals surface area contributed by atoms with Gasteiger partial charge in [0.25, 0.3) is 5.91 Å². The molecule has 1 amide bonds. The van der Waals surface area contributed by atoms with Crippen LogP contribution in [0, 0.1) is 5.92 Å². The molecule has 1 saturated heterocycles. The first-order valence-corrected chi connectivity index (χ1v) is 7.23. The Morgan fingerprint density at radius 2 is 2.00 bits per heavy atom. The van der Waals surface area contributed by atoms with Gasteiger partial charge in [-0.1, -0.05) is 0 Å². The molecule has 1 aliphatic rings. The maximum Gasteiger partial charge on any atom is 0.272 e. The molecule has 0 aromatic carbocycles. The van der Waals surface area contributed by atoms with Crippen LogP contribution in [0.5, 0.6) is 0 Å². The van der Waals surface area contributed by atoms with Crippen LogP contribution in [0.1, 0.15) is 23.3 Å². The van der Waals surface area contributed by atoms with Crippen LogP contribution in [0.15, 0.2) is 36.8 Å². The Bertz CT molecular complexity index is 612. The summed E-state index contributed by atoms with van der Waals surface area (Å²) in [6, 6.07) is 5.47. The van der Waals surface area contributed by atoms with E-state index in [9.17, 15) is 4.79 Å². The molecule has 0 atom stereocenters. The Kier molecular flexibility index (Phi) is 7.48. The molecule has 0 unspecified atom stereocenters. The summed E-state index contributed by atoms with van der Waals surface area (Å²) in [5.41, 5.74) is 6.99. The highest BCUT2D eigenvalue weighted by molar-refractivity contribution is 5.92. The molecule has 2 N–H and O–H groups in total. The smallest absolute Gasteiger partial charge is 0.272 e. The molecule has 0 bridgehead atoms. The van der Waals surface area contributed by atoms with Crippen molar-refractivity contribution >= 4 is 30.7 Å². The standard InChI is InChI=1S/C15H19N5O.2ClH/c16-11-12-3-8-19(9-4-12)15(21)14-10-13(2-6-17-14)20-7-1-5-18-20;;/h1-2,5-7,10,12H,3-4,8-9,11,16H2;2*1H. The Labute approximate surface area is 147 Å². The minimum absolute atomic E-state index is 0. The van der Waals surface area contributed by atoms with E-state index in [0.717, 1.165) is 31.6 Å². The monoisotopic (exact) mass is 357 g/mol. The predicted octanol–water partition coefficient (Wildman–Crippen LogP) is 1.92. The second kappa shape index (κ2) is 8.86. The van der Waals surface area contributed by atoms with Crippen LogP contribution < -0.4 is 5.73 Å². The number of likely N-dealkylation sites (tertiary alicyclic amines) is 1. The van der Waals surface area contributed by atoms with Crippen LogP contribution in [-0.4, -0.2) is 45.2 Å². The summed E-state index contributed by atoms with van der Waals surface area (Å²) in [6.45, 7) is 2.22. The molecule has 6 nitrogen and oxygen atoms in total. The third kappa shape index (κ3) is 4.43. The van der Waals surface area contributed by atoms with Crippen LogP contribution in [0.3, 0.4) is 0 Å². The average Bonchev–Trinajstić information content (AvgIpc) is 3.09. The molecular weight excluding hydrogens is 337 g/mol. The maximum absolute atomic E-state index is 12.5. The lowest BCUT2D eigenvalue weighted by atomic mass is 9.97. The van der Waals surface area contributed by atoms with E-state index in [4.69, 9.17) is 5.73 Å². The Morgan fingerprint density at radius 3 is 2.61 bits per heavy atom. The van der Waals surface area contributed by atoms with Crippen molar-refractivity contribution in [3.8, 4) is 5.69 Å². The molecule has 2 aromatic heterocycles. The Morgan fingerprint density at radius 1 is 1.26 bits per heavy atom. The molecule has 3 rings (SSSR count). The lowest BCUT2D eigenvalue weighted by Crippen LogP contribution is -2.40. The molecule has 0 aliphatic carbocycles. The highest BCUT2D eigenvalue weighted by Gasteiger charge is 2.23. The molecule has 8 heteroatoms. The fourth-order valence-corrected chi connectivity index (χ4v) is 2.63. The van der Waals surface area contributed by atoms with Crippen LogP contribution in [0.4, 0.5) is 0 Å². The summed E-state index contributed by atoms with van der Waals surface area (Å²) in [5, 5.41) is 4.17. The van der Waals surface area contributed by atoms with Crippen molar-refractivity contribution in [2.24, 2.45) is 11.7 Å². The molecule has 2 aromatic rings. The fourth-order valence-electron chi connectivity index (χ4n) is 2.63. The van der Waals surface area contributed by atoms with E-state index >= 15 is 0 Å². The van der Waals surface area contributed by atoms with Crippen LogP contribution >= 0.6 is 24.8 Å². The van der Waals surface area contributed by atoms with Crippen LogP contribution in [0.2, 0.25) is 0 Å². The first-order chi connectivity index (χ1) is 10.3. The first-order valence-electron chi connectivity index (χ1n) is 7.23. The molecule has 126 valence electrons. The highest BCUT2D eigenvalue weighted by atomic mass is 35.5. The van der Waals surface area contributed by atoms with E-state index in [2.05, 4.69) is 10.1 Å². The second-order valence-electron chi connectivity index (χ2n) is 5.32. The molecule has 0 radical (unpaired) electrons. The Balaban J connectivity index is 0.00000132. The van der Waals surface area contributed by atoms with Gasteiger partial charge in [0.1, 0.15) is 5.69 Å². The van der Waals surface area contributed by atoms with Crippen LogP contribution in [0.25, 0.3) is 5.69 Å². The number of rotatable bonds is 3. The van der Waals surface area contributed by atoms with E-state index in [1.807, 2.05) is 23.2 Å². The van der Waals surface area contributed by atoms with Gasteiger partial charge in [-0.2, -0.15) is 5.10 Å². The number of hydrogen-bond donors (Lipinski definition) is 1. The number of halogens is 2. The van der Waals surface area contributed by atoms with Gasteiger partial charge in [-0.3, -0.25) is 9.78 Å². The highest BCUT2D eigenvalue weighted by Crippen LogP contribution is 2.18. The second-order valence-corrected chi connectivity index (χ2v) is 5.32. The van der Waals surface area contributed by atoms with Gasteiger partial charge >= 0.3 is 0 Å². The van der Waals surface area contributed by atoms with Gasteiger partial charge in [0, 0.05) is 31.7 Å². The summed E-state index contributed by atoms with van der Waals surface area (Å²) in [7, 11) is 0. The van der Waals surface area contributed by atoms with Gasteiger partial charge in [-0.25, -0.2) is 4.68 Å². The van der Waals surface area contributed by atoms with Crippen molar-refractivity contribution in [3.05, 3.63) is 42.5 Å². The van der Waals surface area contributed by atoms with E-state index in [-0.39, 0.29) is 30.7 Å². The SMILES string of the molecule is Cl.Cl.NCC1CCN(C(=O)c2cc(-n3cccn3)ccn2)CC1. The predicted molar refractivity (Wildman–Crippen MR) is 93.5 cm³/mol. The molecule has 23 heavy (non-hydrogen) atoms. The van der Waals surface area contributed by atoms with Gasteiger partial charge < -0.3 is 10.6 Å². The molecule has 1 fully saturated rings. The van der Waals surface area contributed by atoms with Crippen molar-refractivity contribution in [2.45, 2.75) is 12.8 Å². The minimum atomic E-state index is -0.0144. The van der Waals surface area contributed by atoms with E-state index < -0.39 is 0 Å². The number of pyridine rings is 1. The van der Waals surface area contributed by atoms with Crippen molar-refractivity contribution in [1.29, 1.82) is 0 Å². The Hall–Kier alpha value is -1.63. The van der Waals surface area contributed by atoms with E-state index in [0.29, 0.717) is 18.2 Å². The topological polar surface area (TPSA) is 77.0 Å². The summed E-state index contributed by atoms with van der Waals surface area (Å²) in [5.74, 6) is 0.525. The molecule has 3 heterocycles. The van der Waals surface area contributed by atoms with Gasteiger partial charge in [0.15, 0.2) is 0 Å². The van der Waals surface area contributed by atoms with Crippen LogP contribution in [-0.2, 0) is 0 Å². The summed E-state index contributed by atoms with van der Waals surface area (Å²) in [4.78, 5) is 18.6. The fraction of sp³-hybridized carbons (Fsp3) is 0.400. The van der Waals surface area contributed by atoms with Gasteiger partial charge in [0.2, 0.25) is 0 Å². The number of amides is 1. The number of carbonyl (C=O) groups is 1. The van der Waals surface area contributed by atoms with Crippen molar-refractivity contribution in [2.75, 3.05) is 19.6 Å². The van der Waals surface area contributed by atoms with Gasteiger partial charge in [-0.05, 0) is 43.5 Å². The van der Waals surface area contributed by atoms with E-state index in [1.165, 1.54) is 0 Å². The maximum atomic E-state index is 12.5. The zero-order valence-electron chi connectivity index (χ0n) is 12.7. The average molecular weight is 358 g/mol. The van der Waals surface area contributed by atoms with Gasteiger partial charge in [0.05, 0.1) is 5.69 Å². The van der Waals surface area contributed by atoms with Crippen molar-refractivity contribution < 1.29 is 4.79 Å². The largest absolute Gasteiger partial charge is 0.337 e. The first kappa shape index (κ1) is 19.4. The number of piperidine rings is 1. The molecule has 0 saturated carbocycles. The summed E-state index contributed by atoms with van der Waals surface area (Å²) < 4.78 is 1.72. The zero-order chi connectivity index (χ0) is 14.7. The number of carbonyl (C=O) groups excluding carboxylic acids is 1. The third-order valence-electron chi connectivity index (χ3n) is 3.97. The minimum Gasteiger partial charge on any atom is -0.337 e. The molecular formula is C15H21Cl2N5O. The number of aromatic nitrogens is 3. The lowest BCUT2D eigenvalue weighted by Gasteiger charge is -2.31. The number of nitrogens with two attached hydrogens (primary N) is 1. The van der Waals surface area contributed by atoms with Crippen molar-refractivity contribution in [1.82, 2.24) is 19.7 Å². The van der Waals surface area contributed by atoms with Crippen molar-refractivity contribution in [3.63, 3.8) is 0 Å². The zero-order valence-corrected chi connectivity index (χ0v) is 14.3. The number of hydrogen-bond acceptors (Lipinski definition) is 4. The number of nitrogens with zero attached hydrogens (tertiary/aromatic N) is 4. The lowest BCUT2D eigenvalue weighted by molar-refractivity contribution is 0.0687.